The van der Waals surface area contributed by atoms with Crippen LogP contribution in [0.25, 0.3) is 0 Å². The molecule has 0 atom stereocenters. The van der Waals surface area contributed by atoms with Gasteiger partial charge in [0.2, 0.25) is 0 Å². The van der Waals surface area contributed by atoms with Gasteiger partial charge in [0, 0.05) is 0 Å². The van der Waals surface area contributed by atoms with Crippen molar-refractivity contribution in [3.63, 3.8) is 0 Å². The SMILES string of the molecule is C=CC[N+](C)(CC)CC=C.COS(=O)(=O)O. The van der Waals surface area contributed by atoms with Crippen LogP contribution < -0.4 is 0 Å². The Balaban J connectivity index is 0. The maximum atomic E-state index is 9.33. The first-order valence-electron chi connectivity index (χ1n) is 4.83. The molecule has 0 aromatic rings. The minimum Gasteiger partial charge on any atom is -0.320 e. The van der Waals surface area contributed by atoms with Gasteiger partial charge >= 0.3 is 10.4 Å². The fourth-order valence-electron chi connectivity index (χ4n) is 0.956. The van der Waals surface area contributed by atoms with E-state index in [1.807, 2.05) is 12.2 Å². The van der Waals surface area contributed by atoms with Crippen LogP contribution in [0.4, 0.5) is 0 Å². The molecule has 0 aliphatic heterocycles. The van der Waals surface area contributed by atoms with Crippen LogP contribution in [0, 0.1) is 0 Å². The number of likely N-dealkylation sites (N-methyl/N-ethyl adjacent to an activating group) is 1. The van der Waals surface area contributed by atoms with Gasteiger partial charge in [-0.3, -0.25) is 8.74 Å². The van der Waals surface area contributed by atoms with Gasteiger partial charge < -0.3 is 4.48 Å². The molecule has 0 unspecified atom stereocenters. The molecule has 0 bridgehead atoms. The van der Waals surface area contributed by atoms with Crippen molar-refractivity contribution in [2.75, 3.05) is 33.8 Å². The largest absolute Gasteiger partial charge is 0.397 e. The highest BCUT2D eigenvalue weighted by Gasteiger charge is 2.13. The minimum absolute atomic E-state index is 0.870. The molecule has 6 heteroatoms. The third-order valence-corrected chi connectivity index (χ3v) is 2.54. The summed E-state index contributed by atoms with van der Waals surface area (Å²) in [6.45, 7) is 12.8. The molecule has 0 fully saturated rings. The van der Waals surface area contributed by atoms with E-state index in [1.54, 1.807) is 0 Å². The molecule has 5 nitrogen and oxygen atoms in total. The molecule has 0 radical (unpaired) electrons. The summed E-state index contributed by atoms with van der Waals surface area (Å²) in [5.74, 6) is 0. The molecule has 0 aliphatic rings. The molecule has 0 amide bonds. The van der Waals surface area contributed by atoms with Crippen LogP contribution in [0.1, 0.15) is 6.92 Å². The minimum atomic E-state index is -4.16. The Labute approximate surface area is 98.6 Å². The molecule has 0 spiro atoms. The van der Waals surface area contributed by atoms with Gasteiger partial charge in [-0.2, -0.15) is 8.42 Å². The molecule has 0 heterocycles. The summed E-state index contributed by atoms with van der Waals surface area (Å²) >= 11 is 0. The zero-order valence-electron chi connectivity index (χ0n) is 10.2. The summed E-state index contributed by atoms with van der Waals surface area (Å²) < 4.78 is 30.7. The van der Waals surface area contributed by atoms with Gasteiger partial charge in [0.15, 0.2) is 0 Å². The monoisotopic (exact) mass is 252 g/mol. The van der Waals surface area contributed by atoms with Crippen LogP contribution in [0.3, 0.4) is 0 Å². The molecular weight excluding hydrogens is 230 g/mol. The maximum Gasteiger partial charge on any atom is 0.397 e. The van der Waals surface area contributed by atoms with Crippen molar-refractivity contribution in [2.24, 2.45) is 0 Å². The third-order valence-electron chi connectivity index (χ3n) is 2.11. The fraction of sp³-hybridized carbons (Fsp3) is 0.600. The second kappa shape index (κ2) is 8.46. The van der Waals surface area contributed by atoms with Crippen LogP contribution in [0.2, 0.25) is 0 Å². The Bertz CT molecular complexity index is 288. The van der Waals surface area contributed by atoms with E-state index in [0.29, 0.717) is 0 Å². The van der Waals surface area contributed by atoms with Gasteiger partial charge in [-0.05, 0) is 19.1 Å². The first-order chi connectivity index (χ1) is 7.24. The van der Waals surface area contributed by atoms with Crippen LogP contribution >= 0.6 is 0 Å². The molecule has 0 saturated heterocycles. The lowest BCUT2D eigenvalue weighted by Gasteiger charge is -2.30. The van der Waals surface area contributed by atoms with Crippen molar-refractivity contribution < 1.29 is 21.6 Å². The van der Waals surface area contributed by atoms with E-state index in [0.717, 1.165) is 31.2 Å². The van der Waals surface area contributed by atoms with Crippen molar-refractivity contribution in [1.29, 1.82) is 0 Å². The van der Waals surface area contributed by atoms with E-state index in [9.17, 15) is 8.42 Å². The van der Waals surface area contributed by atoms with E-state index in [-0.39, 0.29) is 0 Å². The van der Waals surface area contributed by atoms with Crippen LogP contribution in [-0.2, 0) is 14.6 Å². The van der Waals surface area contributed by atoms with Crippen LogP contribution in [0.5, 0.6) is 0 Å². The number of hydrogen-bond acceptors (Lipinski definition) is 3. The second-order valence-electron chi connectivity index (χ2n) is 3.47. The van der Waals surface area contributed by atoms with Crippen molar-refractivity contribution in [1.82, 2.24) is 0 Å². The average molecular weight is 252 g/mol. The maximum absolute atomic E-state index is 9.33. The zero-order valence-corrected chi connectivity index (χ0v) is 11.0. The van der Waals surface area contributed by atoms with Crippen LogP contribution in [0.15, 0.2) is 25.3 Å². The van der Waals surface area contributed by atoms with Crippen molar-refractivity contribution in [3.8, 4) is 0 Å². The predicted octanol–water partition coefficient (Wildman–Crippen LogP) is 1.26. The average Bonchev–Trinajstić information content (AvgIpc) is 2.18. The summed E-state index contributed by atoms with van der Waals surface area (Å²) in [6, 6.07) is 0. The number of hydrogen-bond donors (Lipinski definition) is 1. The van der Waals surface area contributed by atoms with E-state index >= 15 is 0 Å². The molecule has 0 aromatic carbocycles. The smallest absolute Gasteiger partial charge is 0.320 e. The molecular formula is C10H22NO4S+. The van der Waals surface area contributed by atoms with Crippen molar-refractivity contribution in [2.45, 2.75) is 6.92 Å². The van der Waals surface area contributed by atoms with E-state index in [2.05, 4.69) is 31.3 Å². The Kier molecular flexibility index (Phi) is 9.36. The van der Waals surface area contributed by atoms with Crippen molar-refractivity contribution in [3.05, 3.63) is 25.3 Å². The Morgan fingerprint density at radius 1 is 1.31 bits per heavy atom. The number of rotatable bonds is 6. The first kappa shape index (κ1) is 17.7. The molecule has 0 rings (SSSR count). The molecule has 0 aromatic heterocycles. The highest BCUT2D eigenvalue weighted by molar-refractivity contribution is 7.80. The van der Waals surface area contributed by atoms with E-state index < -0.39 is 10.4 Å². The summed E-state index contributed by atoms with van der Waals surface area (Å²) in [5, 5.41) is 0. The van der Waals surface area contributed by atoms with Gasteiger partial charge in [0.05, 0.1) is 33.8 Å². The topological polar surface area (TPSA) is 63.6 Å². The quantitative estimate of drug-likeness (QED) is 0.439. The van der Waals surface area contributed by atoms with E-state index in [4.69, 9.17) is 4.55 Å². The normalized spacial score (nSPS) is 11.2. The Morgan fingerprint density at radius 3 is 1.75 bits per heavy atom. The molecule has 16 heavy (non-hydrogen) atoms. The summed E-state index contributed by atoms with van der Waals surface area (Å²) in [5.41, 5.74) is 0. The van der Waals surface area contributed by atoms with Gasteiger partial charge in [0.1, 0.15) is 0 Å². The van der Waals surface area contributed by atoms with Gasteiger partial charge in [-0.25, -0.2) is 0 Å². The Morgan fingerprint density at radius 2 is 1.62 bits per heavy atom. The van der Waals surface area contributed by atoms with Gasteiger partial charge in [-0.1, -0.05) is 13.2 Å². The molecule has 0 saturated carbocycles. The summed E-state index contributed by atoms with van der Waals surface area (Å²) in [6.07, 6.45) is 3.93. The first-order valence-corrected chi connectivity index (χ1v) is 6.19. The standard InChI is InChI=1S/C9H18N.CH4O4S/c1-5-8-10(4,7-3)9-6-2;1-5-6(2,3)4/h5-6H,1-2,7-9H2,3-4H3;1H3,(H,2,3,4)/q+1;. The lowest BCUT2D eigenvalue weighted by molar-refractivity contribution is -0.896. The number of nitrogens with zero attached hydrogens (tertiary/aromatic N) is 1. The third kappa shape index (κ3) is 11.4. The highest BCUT2D eigenvalue weighted by Crippen LogP contribution is 2.00. The molecule has 96 valence electrons. The number of quaternary nitrogens is 1. The van der Waals surface area contributed by atoms with Crippen LogP contribution in [-0.4, -0.2) is 51.2 Å². The van der Waals surface area contributed by atoms with Gasteiger partial charge in [-0.15, -0.1) is 0 Å². The summed E-state index contributed by atoms with van der Waals surface area (Å²) in [7, 11) is -1.08. The Hall–Kier alpha value is -0.690. The predicted molar refractivity (Wildman–Crippen MR) is 65.4 cm³/mol. The van der Waals surface area contributed by atoms with Gasteiger partial charge in [0.25, 0.3) is 0 Å². The lowest BCUT2D eigenvalue weighted by atomic mass is 10.3. The lowest BCUT2D eigenvalue weighted by Crippen LogP contribution is -2.43. The highest BCUT2D eigenvalue weighted by atomic mass is 32.3. The molecule has 1 N–H and O–H groups in total. The summed E-state index contributed by atoms with van der Waals surface area (Å²) in [4.78, 5) is 0. The van der Waals surface area contributed by atoms with E-state index in [1.165, 1.54) is 0 Å². The van der Waals surface area contributed by atoms with Crippen molar-refractivity contribution >= 4 is 10.4 Å². The molecule has 0 aliphatic carbocycles. The fourth-order valence-corrected chi connectivity index (χ4v) is 0.956. The second-order valence-corrected chi connectivity index (χ2v) is 4.66. The zero-order chi connectivity index (χ0) is 13.2.